The van der Waals surface area contributed by atoms with Crippen LogP contribution in [0.1, 0.15) is 16.7 Å². The molecule has 0 bridgehead atoms. The van der Waals surface area contributed by atoms with Gasteiger partial charge in [-0.1, -0.05) is 48.0 Å². The first-order chi connectivity index (χ1) is 9.88. The maximum Gasteiger partial charge on any atom is 0.185 e. The van der Waals surface area contributed by atoms with Gasteiger partial charge in [0.25, 0.3) is 0 Å². The SMILES string of the molecule is Cc1ccc(S(=O)(=O)CC(=O)Cc2ccccc2)c(C)c1. The molecule has 0 atom stereocenters. The Kier molecular flexibility index (Phi) is 4.58. The Balaban J connectivity index is 2.16. The van der Waals surface area contributed by atoms with Crippen molar-refractivity contribution < 1.29 is 13.2 Å². The minimum Gasteiger partial charge on any atom is -0.298 e. The lowest BCUT2D eigenvalue weighted by molar-refractivity contribution is -0.116. The summed E-state index contributed by atoms with van der Waals surface area (Å²) in [6, 6.07) is 14.3. The van der Waals surface area contributed by atoms with E-state index in [1.807, 2.05) is 43.3 Å². The van der Waals surface area contributed by atoms with Crippen LogP contribution < -0.4 is 0 Å². The zero-order chi connectivity index (χ0) is 15.5. The molecule has 0 aliphatic carbocycles. The molecule has 21 heavy (non-hydrogen) atoms. The van der Waals surface area contributed by atoms with Crippen LogP contribution in [0.2, 0.25) is 0 Å². The Morgan fingerprint density at radius 2 is 1.67 bits per heavy atom. The van der Waals surface area contributed by atoms with Crippen molar-refractivity contribution in [3.05, 3.63) is 65.2 Å². The van der Waals surface area contributed by atoms with Crippen molar-refractivity contribution in [2.24, 2.45) is 0 Å². The molecule has 0 radical (unpaired) electrons. The second-order valence-corrected chi connectivity index (χ2v) is 7.19. The summed E-state index contributed by atoms with van der Waals surface area (Å²) in [4.78, 5) is 12.2. The lowest BCUT2D eigenvalue weighted by Crippen LogP contribution is -2.18. The maximum absolute atomic E-state index is 12.3. The molecule has 0 spiro atoms. The number of benzene rings is 2. The second kappa shape index (κ2) is 6.22. The molecule has 0 saturated carbocycles. The highest BCUT2D eigenvalue weighted by Gasteiger charge is 2.21. The summed E-state index contributed by atoms with van der Waals surface area (Å²) >= 11 is 0. The minimum absolute atomic E-state index is 0.144. The van der Waals surface area contributed by atoms with E-state index in [2.05, 4.69) is 0 Å². The fraction of sp³-hybridized carbons (Fsp3) is 0.235. The van der Waals surface area contributed by atoms with Crippen LogP contribution in [0, 0.1) is 13.8 Å². The molecule has 0 aliphatic rings. The van der Waals surface area contributed by atoms with Crippen LogP contribution in [-0.4, -0.2) is 20.0 Å². The quantitative estimate of drug-likeness (QED) is 0.853. The lowest BCUT2D eigenvalue weighted by Gasteiger charge is -2.08. The van der Waals surface area contributed by atoms with Crippen LogP contribution in [0.4, 0.5) is 0 Å². The van der Waals surface area contributed by atoms with Crippen LogP contribution in [0.3, 0.4) is 0 Å². The van der Waals surface area contributed by atoms with Crippen molar-refractivity contribution in [3.63, 3.8) is 0 Å². The molecule has 0 fully saturated rings. The molecule has 0 aromatic heterocycles. The van der Waals surface area contributed by atoms with Crippen LogP contribution in [0.25, 0.3) is 0 Å². The topological polar surface area (TPSA) is 51.2 Å². The number of carbonyl (C=O) groups is 1. The summed E-state index contributed by atoms with van der Waals surface area (Å²) in [5, 5.41) is 0. The van der Waals surface area contributed by atoms with Crippen molar-refractivity contribution in [1.29, 1.82) is 0 Å². The molecule has 3 nitrogen and oxygen atoms in total. The fourth-order valence-corrected chi connectivity index (χ4v) is 3.82. The van der Waals surface area contributed by atoms with Crippen LogP contribution >= 0.6 is 0 Å². The molecule has 110 valence electrons. The summed E-state index contributed by atoms with van der Waals surface area (Å²) in [5.41, 5.74) is 2.52. The molecule has 2 aromatic rings. The molecular formula is C17H18O3S. The predicted octanol–water partition coefficient (Wildman–Crippen LogP) is 2.89. The van der Waals surface area contributed by atoms with E-state index in [0.717, 1.165) is 11.1 Å². The van der Waals surface area contributed by atoms with Crippen LogP contribution in [0.5, 0.6) is 0 Å². The second-order valence-electron chi connectivity index (χ2n) is 5.23. The van der Waals surface area contributed by atoms with Crippen molar-refractivity contribution in [3.8, 4) is 0 Å². The first kappa shape index (κ1) is 15.4. The van der Waals surface area contributed by atoms with Crippen molar-refractivity contribution >= 4 is 15.6 Å². The van der Waals surface area contributed by atoms with Crippen molar-refractivity contribution in [2.45, 2.75) is 25.2 Å². The van der Waals surface area contributed by atoms with Gasteiger partial charge in [0.15, 0.2) is 15.6 Å². The highest BCUT2D eigenvalue weighted by molar-refractivity contribution is 7.92. The van der Waals surface area contributed by atoms with E-state index in [-0.39, 0.29) is 17.1 Å². The zero-order valence-corrected chi connectivity index (χ0v) is 13.0. The molecule has 2 aromatic carbocycles. The van der Waals surface area contributed by atoms with Crippen molar-refractivity contribution in [1.82, 2.24) is 0 Å². The molecule has 0 heterocycles. The van der Waals surface area contributed by atoms with E-state index in [1.165, 1.54) is 0 Å². The molecule has 0 unspecified atom stereocenters. The van der Waals surface area contributed by atoms with Gasteiger partial charge in [-0.05, 0) is 31.0 Å². The number of rotatable bonds is 5. The number of ketones is 1. The number of Topliss-reactive ketones (excluding diaryl/α,β-unsaturated/α-hetero) is 1. The smallest absolute Gasteiger partial charge is 0.185 e. The van der Waals surface area contributed by atoms with Gasteiger partial charge in [0.05, 0.1) is 4.90 Å². The van der Waals surface area contributed by atoms with E-state index in [0.29, 0.717) is 5.56 Å². The summed E-state index contributed by atoms with van der Waals surface area (Å²) in [5.74, 6) is -0.743. The third kappa shape index (κ3) is 4.02. The number of aryl methyl sites for hydroxylation is 2. The molecule has 0 N–H and O–H groups in total. The van der Waals surface area contributed by atoms with E-state index in [9.17, 15) is 13.2 Å². The average Bonchev–Trinajstić information content (AvgIpc) is 2.38. The summed E-state index contributed by atoms with van der Waals surface area (Å²) in [6.07, 6.45) is 0.144. The third-order valence-corrected chi connectivity index (χ3v) is 5.09. The molecule has 2 rings (SSSR count). The van der Waals surface area contributed by atoms with Gasteiger partial charge in [-0.3, -0.25) is 4.79 Å². The van der Waals surface area contributed by atoms with Gasteiger partial charge in [-0.2, -0.15) is 0 Å². The number of carbonyl (C=O) groups excluding carboxylic acids is 1. The minimum atomic E-state index is -3.58. The van der Waals surface area contributed by atoms with Gasteiger partial charge < -0.3 is 0 Å². The summed E-state index contributed by atoms with van der Waals surface area (Å²) < 4.78 is 24.7. The molecule has 0 amide bonds. The third-order valence-electron chi connectivity index (χ3n) is 3.26. The number of hydrogen-bond acceptors (Lipinski definition) is 3. The molecule has 0 aliphatic heterocycles. The largest absolute Gasteiger partial charge is 0.298 e. The monoisotopic (exact) mass is 302 g/mol. The molecule has 0 saturated heterocycles. The van der Waals surface area contributed by atoms with E-state index < -0.39 is 15.6 Å². The molecule has 4 heteroatoms. The average molecular weight is 302 g/mol. The van der Waals surface area contributed by atoms with Gasteiger partial charge in [0.1, 0.15) is 5.75 Å². The zero-order valence-electron chi connectivity index (χ0n) is 12.2. The van der Waals surface area contributed by atoms with E-state index in [4.69, 9.17) is 0 Å². The normalized spacial score (nSPS) is 11.3. The Morgan fingerprint density at radius 3 is 2.29 bits per heavy atom. The Labute approximate surface area is 125 Å². The lowest BCUT2D eigenvalue weighted by atomic mass is 10.1. The van der Waals surface area contributed by atoms with E-state index in [1.54, 1.807) is 19.1 Å². The summed E-state index contributed by atoms with van der Waals surface area (Å²) in [6.45, 7) is 3.66. The predicted molar refractivity (Wildman–Crippen MR) is 83.1 cm³/mol. The van der Waals surface area contributed by atoms with Gasteiger partial charge >= 0.3 is 0 Å². The number of sulfone groups is 1. The van der Waals surface area contributed by atoms with Gasteiger partial charge in [-0.25, -0.2) is 8.42 Å². The van der Waals surface area contributed by atoms with Gasteiger partial charge in [-0.15, -0.1) is 0 Å². The maximum atomic E-state index is 12.3. The Hall–Kier alpha value is -1.94. The Bertz CT molecular complexity index is 747. The first-order valence-corrected chi connectivity index (χ1v) is 8.39. The van der Waals surface area contributed by atoms with Crippen LogP contribution in [0.15, 0.2) is 53.4 Å². The molecular weight excluding hydrogens is 284 g/mol. The van der Waals surface area contributed by atoms with Gasteiger partial charge in [0, 0.05) is 6.42 Å². The fourth-order valence-electron chi connectivity index (χ4n) is 2.31. The van der Waals surface area contributed by atoms with Crippen LogP contribution in [-0.2, 0) is 21.1 Å². The highest BCUT2D eigenvalue weighted by atomic mass is 32.2. The highest BCUT2D eigenvalue weighted by Crippen LogP contribution is 2.18. The number of hydrogen-bond donors (Lipinski definition) is 0. The van der Waals surface area contributed by atoms with Crippen molar-refractivity contribution in [2.75, 3.05) is 5.75 Å². The first-order valence-electron chi connectivity index (χ1n) is 6.74. The van der Waals surface area contributed by atoms with E-state index >= 15 is 0 Å². The summed E-state index contributed by atoms with van der Waals surface area (Å²) in [7, 11) is -3.58. The Morgan fingerprint density at radius 1 is 1.00 bits per heavy atom. The standard InChI is InChI=1S/C17H18O3S/c1-13-8-9-17(14(2)10-13)21(19,20)12-16(18)11-15-6-4-3-5-7-15/h3-10H,11-12H2,1-2H3. The van der Waals surface area contributed by atoms with Gasteiger partial charge in [0.2, 0.25) is 0 Å².